The Balaban J connectivity index is 1.87. The predicted octanol–water partition coefficient (Wildman–Crippen LogP) is 3.07. The van der Waals surface area contributed by atoms with Crippen LogP contribution in [0.25, 0.3) is 0 Å². The molecule has 0 heterocycles. The number of hydrogen-bond donors (Lipinski definition) is 2. The number of aliphatic hydroxyl groups is 1. The van der Waals surface area contributed by atoms with Crippen molar-refractivity contribution in [2.45, 2.75) is 20.0 Å². The van der Waals surface area contributed by atoms with Crippen LogP contribution in [-0.2, 0) is 4.79 Å². The molecule has 0 aliphatic carbocycles. The quantitative estimate of drug-likeness (QED) is 0.887. The molecule has 0 aliphatic rings. The van der Waals surface area contributed by atoms with Crippen molar-refractivity contribution in [3.8, 4) is 5.75 Å². The third-order valence-corrected chi connectivity index (χ3v) is 3.04. The Kier molecular flexibility index (Phi) is 4.95. The summed E-state index contributed by atoms with van der Waals surface area (Å²) in [5.41, 5.74) is 2.57. The van der Waals surface area contributed by atoms with Crippen LogP contribution >= 0.6 is 0 Å². The Morgan fingerprint density at radius 3 is 2.57 bits per heavy atom. The summed E-state index contributed by atoms with van der Waals surface area (Å²) in [4.78, 5) is 11.8. The molecule has 0 saturated carbocycles. The van der Waals surface area contributed by atoms with Gasteiger partial charge in [0.05, 0.1) is 6.10 Å². The SMILES string of the molecule is Cc1cccc(OCC(=O)Nc2ccc(C(C)O)cc2)c1. The Morgan fingerprint density at radius 1 is 1.24 bits per heavy atom. The van der Waals surface area contributed by atoms with Crippen molar-refractivity contribution >= 4 is 11.6 Å². The van der Waals surface area contributed by atoms with Gasteiger partial charge in [0.1, 0.15) is 5.75 Å². The number of carbonyl (C=O) groups excluding carboxylic acids is 1. The fourth-order valence-corrected chi connectivity index (χ4v) is 1.90. The topological polar surface area (TPSA) is 58.6 Å². The molecule has 110 valence electrons. The molecule has 0 spiro atoms. The van der Waals surface area contributed by atoms with Crippen molar-refractivity contribution < 1.29 is 14.6 Å². The maximum atomic E-state index is 11.8. The second-order valence-corrected chi connectivity index (χ2v) is 4.95. The summed E-state index contributed by atoms with van der Waals surface area (Å²) >= 11 is 0. The zero-order valence-electron chi connectivity index (χ0n) is 12.2. The lowest BCUT2D eigenvalue weighted by atomic mass is 10.1. The number of ether oxygens (including phenoxy) is 1. The number of carbonyl (C=O) groups is 1. The second kappa shape index (κ2) is 6.90. The molecule has 0 fully saturated rings. The van der Waals surface area contributed by atoms with Crippen molar-refractivity contribution in [3.05, 3.63) is 59.7 Å². The van der Waals surface area contributed by atoms with Crippen molar-refractivity contribution in [1.82, 2.24) is 0 Å². The van der Waals surface area contributed by atoms with Crippen LogP contribution in [0.3, 0.4) is 0 Å². The summed E-state index contributed by atoms with van der Waals surface area (Å²) < 4.78 is 5.43. The lowest BCUT2D eigenvalue weighted by Crippen LogP contribution is -2.20. The Hall–Kier alpha value is -2.33. The first kappa shape index (κ1) is 15.1. The van der Waals surface area contributed by atoms with E-state index in [2.05, 4.69) is 5.32 Å². The van der Waals surface area contributed by atoms with Crippen LogP contribution in [0.2, 0.25) is 0 Å². The summed E-state index contributed by atoms with van der Waals surface area (Å²) in [6.07, 6.45) is -0.514. The van der Waals surface area contributed by atoms with E-state index >= 15 is 0 Å². The molecule has 21 heavy (non-hydrogen) atoms. The standard InChI is InChI=1S/C17H19NO3/c1-12-4-3-5-16(10-12)21-11-17(20)18-15-8-6-14(7-9-15)13(2)19/h3-10,13,19H,11H2,1-2H3,(H,18,20). The maximum absolute atomic E-state index is 11.8. The van der Waals surface area contributed by atoms with Crippen LogP contribution in [0.5, 0.6) is 5.75 Å². The minimum absolute atomic E-state index is 0.0401. The molecule has 0 aromatic heterocycles. The fraction of sp³-hybridized carbons (Fsp3) is 0.235. The van der Waals surface area contributed by atoms with E-state index in [1.54, 1.807) is 31.2 Å². The predicted molar refractivity (Wildman–Crippen MR) is 82.4 cm³/mol. The van der Waals surface area contributed by atoms with E-state index in [0.717, 1.165) is 11.1 Å². The molecule has 0 radical (unpaired) electrons. The van der Waals surface area contributed by atoms with Gasteiger partial charge in [0.25, 0.3) is 5.91 Å². The van der Waals surface area contributed by atoms with Gasteiger partial charge in [-0.15, -0.1) is 0 Å². The van der Waals surface area contributed by atoms with E-state index in [-0.39, 0.29) is 12.5 Å². The second-order valence-electron chi connectivity index (χ2n) is 4.95. The Bertz CT molecular complexity index is 606. The lowest BCUT2D eigenvalue weighted by Gasteiger charge is -2.09. The summed E-state index contributed by atoms with van der Waals surface area (Å²) in [6.45, 7) is 3.63. The molecule has 2 aromatic rings. The average molecular weight is 285 g/mol. The highest BCUT2D eigenvalue weighted by Crippen LogP contribution is 2.16. The molecule has 2 aromatic carbocycles. The van der Waals surface area contributed by atoms with E-state index in [0.29, 0.717) is 11.4 Å². The highest BCUT2D eigenvalue weighted by molar-refractivity contribution is 5.91. The average Bonchev–Trinajstić information content (AvgIpc) is 2.46. The van der Waals surface area contributed by atoms with E-state index in [1.807, 2.05) is 31.2 Å². The molecule has 0 saturated heterocycles. The van der Waals surface area contributed by atoms with Gasteiger partial charge in [0, 0.05) is 5.69 Å². The molecular weight excluding hydrogens is 266 g/mol. The van der Waals surface area contributed by atoms with Gasteiger partial charge >= 0.3 is 0 Å². The first-order valence-electron chi connectivity index (χ1n) is 6.82. The number of hydrogen-bond acceptors (Lipinski definition) is 3. The van der Waals surface area contributed by atoms with Crippen LogP contribution in [0.1, 0.15) is 24.2 Å². The number of benzene rings is 2. The number of nitrogens with one attached hydrogen (secondary N) is 1. The molecule has 0 bridgehead atoms. The van der Waals surface area contributed by atoms with Crippen LogP contribution < -0.4 is 10.1 Å². The molecular formula is C17H19NO3. The molecule has 4 nitrogen and oxygen atoms in total. The van der Waals surface area contributed by atoms with Gasteiger partial charge < -0.3 is 15.2 Å². The number of rotatable bonds is 5. The zero-order chi connectivity index (χ0) is 15.2. The third kappa shape index (κ3) is 4.61. The number of anilines is 1. The summed E-state index contributed by atoms with van der Waals surface area (Å²) in [5.74, 6) is 0.455. The molecule has 4 heteroatoms. The fourth-order valence-electron chi connectivity index (χ4n) is 1.90. The van der Waals surface area contributed by atoms with Crippen molar-refractivity contribution in [3.63, 3.8) is 0 Å². The molecule has 2 rings (SSSR count). The highest BCUT2D eigenvalue weighted by Gasteiger charge is 2.05. The van der Waals surface area contributed by atoms with Crippen LogP contribution in [-0.4, -0.2) is 17.6 Å². The summed E-state index contributed by atoms with van der Waals surface area (Å²) in [5, 5.41) is 12.2. The van der Waals surface area contributed by atoms with Gasteiger partial charge in [0.2, 0.25) is 0 Å². The van der Waals surface area contributed by atoms with Gasteiger partial charge in [-0.1, -0.05) is 24.3 Å². The first-order valence-corrected chi connectivity index (χ1v) is 6.82. The molecule has 1 atom stereocenters. The minimum Gasteiger partial charge on any atom is -0.484 e. The van der Waals surface area contributed by atoms with Gasteiger partial charge in [-0.25, -0.2) is 0 Å². The Labute approximate surface area is 124 Å². The minimum atomic E-state index is -0.514. The van der Waals surface area contributed by atoms with Gasteiger partial charge in [-0.05, 0) is 49.2 Å². The normalized spacial score (nSPS) is 11.8. The molecule has 0 aliphatic heterocycles. The number of amides is 1. The lowest BCUT2D eigenvalue weighted by molar-refractivity contribution is -0.118. The van der Waals surface area contributed by atoms with E-state index < -0.39 is 6.10 Å². The van der Waals surface area contributed by atoms with E-state index in [4.69, 9.17) is 4.74 Å². The van der Waals surface area contributed by atoms with Crippen LogP contribution in [0.4, 0.5) is 5.69 Å². The van der Waals surface area contributed by atoms with Crippen molar-refractivity contribution in [1.29, 1.82) is 0 Å². The van der Waals surface area contributed by atoms with Crippen LogP contribution in [0.15, 0.2) is 48.5 Å². The first-order chi connectivity index (χ1) is 10.0. The zero-order valence-corrected chi connectivity index (χ0v) is 12.2. The van der Waals surface area contributed by atoms with Crippen LogP contribution in [0, 0.1) is 6.92 Å². The molecule has 1 amide bonds. The molecule has 2 N–H and O–H groups in total. The van der Waals surface area contributed by atoms with Gasteiger partial charge in [-0.2, -0.15) is 0 Å². The van der Waals surface area contributed by atoms with E-state index in [9.17, 15) is 9.90 Å². The third-order valence-electron chi connectivity index (χ3n) is 3.04. The van der Waals surface area contributed by atoms with Crippen molar-refractivity contribution in [2.75, 3.05) is 11.9 Å². The van der Waals surface area contributed by atoms with E-state index in [1.165, 1.54) is 0 Å². The van der Waals surface area contributed by atoms with Gasteiger partial charge in [-0.3, -0.25) is 4.79 Å². The number of aryl methyl sites for hydroxylation is 1. The summed E-state index contributed by atoms with van der Waals surface area (Å²) in [7, 11) is 0. The maximum Gasteiger partial charge on any atom is 0.262 e. The molecule has 1 unspecified atom stereocenters. The highest BCUT2D eigenvalue weighted by atomic mass is 16.5. The van der Waals surface area contributed by atoms with Gasteiger partial charge in [0.15, 0.2) is 6.61 Å². The Morgan fingerprint density at radius 2 is 1.95 bits per heavy atom. The summed E-state index contributed by atoms with van der Waals surface area (Å²) in [6, 6.07) is 14.6. The van der Waals surface area contributed by atoms with Crippen molar-refractivity contribution in [2.24, 2.45) is 0 Å². The largest absolute Gasteiger partial charge is 0.484 e. The smallest absolute Gasteiger partial charge is 0.262 e. The number of aliphatic hydroxyl groups excluding tert-OH is 1. The monoisotopic (exact) mass is 285 g/mol.